The molecule has 0 unspecified atom stereocenters. The van der Waals surface area contributed by atoms with Crippen molar-refractivity contribution >= 4 is 10.1 Å². The Labute approximate surface area is 214 Å². The molecule has 0 aliphatic heterocycles. The van der Waals surface area contributed by atoms with Crippen LogP contribution in [0.25, 0.3) is 22.3 Å². The molecule has 4 aromatic carbocycles. The average Bonchev–Trinajstić information content (AvgIpc) is 2.87. The molecule has 0 heterocycles. The Kier molecular flexibility index (Phi) is 7.54. The van der Waals surface area contributed by atoms with Crippen LogP contribution in [0.3, 0.4) is 0 Å². The second kappa shape index (κ2) is 10.8. The maximum absolute atomic E-state index is 14.0. The monoisotopic (exact) mass is 524 g/mol. The topological polar surface area (TPSA) is 91.3 Å². The molecule has 0 fully saturated rings. The standard InChI is InChI=1S/C28H25FO7S/c1-33-25-16-22(19-10-7-11-21(29)14-19)27(34-2)28(36-37(3,31)32)26(25)20-12-13-24(23(30)15-20)35-17-18-8-5-4-6-9-18/h4-16,30H,17H2,1-3H3. The first-order chi connectivity index (χ1) is 17.7. The van der Waals surface area contributed by atoms with Crippen molar-refractivity contribution in [1.29, 1.82) is 0 Å². The average molecular weight is 525 g/mol. The van der Waals surface area contributed by atoms with Gasteiger partial charge in [-0.2, -0.15) is 8.42 Å². The molecule has 0 saturated heterocycles. The van der Waals surface area contributed by atoms with Gasteiger partial charge in [-0.15, -0.1) is 0 Å². The molecule has 4 rings (SSSR count). The summed E-state index contributed by atoms with van der Waals surface area (Å²) in [7, 11) is -1.27. The van der Waals surface area contributed by atoms with Crippen molar-refractivity contribution in [1.82, 2.24) is 0 Å². The number of hydrogen-bond acceptors (Lipinski definition) is 7. The number of phenols is 1. The first-order valence-electron chi connectivity index (χ1n) is 11.1. The Hall–Kier alpha value is -4.24. The summed E-state index contributed by atoms with van der Waals surface area (Å²) in [6.07, 6.45) is 0.898. The minimum absolute atomic E-state index is 0.0516. The zero-order chi connectivity index (χ0) is 26.6. The maximum Gasteiger partial charge on any atom is 0.306 e. The van der Waals surface area contributed by atoms with E-state index in [1.54, 1.807) is 24.3 Å². The van der Waals surface area contributed by atoms with Crippen molar-refractivity contribution in [2.45, 2.75) is 6.61 Å². The van der Waals surface area contributed by atoms with Crippen LogP contribution in [0.2, 0.25) is 0 Å². The summed E-state index contributed by atoms with van der Waals surface area (Å²) >= 11 is 0. The lowest BCUT2D eigenvalue weighted by Gasteiger charge is -2.21. The van der Waals surface area contributed by atoms with E-state index in [0.717, 1.165) is 11.8 Å². The molecular formula is C28H25FO7S. The quantitative estimate of drug-likeness (QED) is 0.277. The van der Waals surface area contributed by atoms with Gasteiger partial charge in [-0.05, 0) is 47.0 Å². The summed E-state index contributed by atoms with van der Waals surface area (Å²) in [5.74, 6) is -0.314. The van der Waals surface area contributed by atoms with Crippen LogP contribution < -0.4 is 18.4 Å². The predicted molar refractivity (Wildman–Crippen MR) is 138 cm³/mol. The second-order valence-corrected chi connectivity index (χ2v) is 9.69. The van der Waals surface area contributed by atoms with E-state index in [4.69, 9.17) is 18.4 Å². The van der Waals surface area contributed by atoms with Crippen molar-refractivity contribution in [2.24, 2.45) is 0 Å². The fourth-order valence-electron chi connectivity index (χ4n) is 3.89. The van der Waals surface area contributed by atoms with Gasteiger partial charge in [-0.3, -0.25) is 0 Å². The van der Waals surface area contributed by atoms with Gasteiger partial charge in [0.15, 0.2) is 23.0 Å². The number of hydrogen-bond donors (Lipinski definition) is 1. The predicted octanol–water partition coefficient (Wildman–Crippen LogP) is 5.80. The number of halogens is 1. The first-order valence-corrected chi connectivity index (χ1v) is 13.0. The molecule has 0 aliphatic rings. The zero-order valence-electron chi connectivity index (χ0n) is 20.4. The van der Waals surface area contributed by atoms with Crippen LogP contribution in [0.5, 0.6) is 28.7 Å². The molecule has 192 valence electrons. The Bertz CT molecular complexity index is 1520. The van der Waals surface area contributed by atoms with E-state index in [1.165, 1.54) is 38.5 Å². The van der Waals surface area contributed by atoms with Crippen LogP contribution in [0.15, 0.2) is 78.9 Å². The highest BCUT2D eigenvalue weighted by Crippen LogP contribution is 2.51. The van der Waals surface area contributed by atoms with E-state index >= 15 is 0 Å². The first kappa shape index (κ1) is 25.8. The molecule has 0 aromatic heterocycles. The summed E-state index contributed by atoms with van der Waals surface area (Å²) < 4.78 is 60.8. The second-order valence-electron chi connectivity index (χ2n) is 8.12. The largest absolute Gasteiger partial charge is 0.504 e. The Balaban J connectivity index is 1.85. The Morgan fingerprint density at radius 1 is 0.811 bits per heavy atom. The Morgan fingerprint density at radius 2 is 1.57 bits per heavy atom. The van der Waals surface area contributed by atoms with E-state index < -0.39 is 15.9 Å². The third kappa shape index (κ3) is 5.95. The van der Waals surface area contributed by atoms with Gasteiger partial charge in [0.1, 0.15) is 18.2 Å². The van der Waals surface area contributed by atoms with Gasteiger partial charge in [0.25, 0.3) is 0 Å². The lowest BCUT2D eigenvalue weighted by molar-refractivity contribution is 0.289. The van der Waals surface area contributed by atoms with Gasteiger partial charge in [0.05, 0.1) is 26.0 Å². The molecule has 7 nitrogen and oxygen atoms in total. The van der Waals surface area contributed by atoms with Crippen molar-refractivity contribution in [3.8, 4) is 51.0 Å². The van der Waals surface area contributed by atoms with Gasteiger partial charge in [-0.1, -0.05) is 48.5 Å². The lowest BCUT2D eigenvalue weighted by Crippen LogP contribution is -2.09. The molecular weight excluding hydrogens is 499 g/mol. The van der Waals surface area contributed by atoms with E-state index in [0.29, 0.717) is 16.7 Å². The molecule has 0 spiro atoms. The highest BCUT2D eigenvalue weighted by Gasteiger charge is 2.27. The van der Waals surface area contributed by atoms with Crippen LogP contribution >= 0.6 is 0 Å². The van der Waals surface area contributed by atoms with Gasteiger partial charge in [0, 0.05) is 5.56 Å². The highest BCUT2D eigenvalue weighted by molar-refractivity contribution is 7.86. The molecule has 9 heteroatoms. The lowest BCUT2D eigenvalue weighted by atomic mass is 9.96. The molecule has 0 saturated carbocycles. The van der Waals surface area contributed by atoms with Crippen molar-refractivity contribution in [2.75, 3.05) is 20.5 Å². The van der Waals surface area contributed by atoms with Gasteiger partial charge in [0.2, 0.25) is 0 Å². The van der Waals surface area contributed by atoms with Crippen LogP contribution in [0, 0.1) is 5.82 Å². The normalized spacial score (nSPS) is 11.1. The van der Waals surface area contributed by atoms with Crippen molar-refractivity contribution < 1.29 is 36.3 Å². The summed E-state index contributed by atoms with van der Waals surface area (Å²) in [4.78, 5) is 0. The number of methoxy groups -OCH3 is 2. The molecule has 0 radical (unpaired) electrons. The molecule has 1 N–H and O–H groups in total. The van der Waals surface area contributed by atoms with Crippen LogP contribution in [0.1, 0.15) is 5.56 Å². The fraction of sp³-hybridized carbons (Fsp3) is 0.143. The van der Waals surface area contributed by atoms with Crippen molar-refractivity contribution in [3.05, 3.63) is 90.2 Å². The number of benzene rings is 4. The van der Waals surface area contributed by atoms with Crippen molar-refractivity contribution in [3.63, 3.8) is 0 Å². The maximum atomic E-state index is 14.0. The van der Waals surface area contributed by atoms with E-state index in [2.05, 4.69) is 0 Å². The zero-order valence-corrected chi connectivity index (χ0v) is 21.2. The molecule has 0 bridgehead atoms. The van der Waals surface area contributed by atoms with Gasteiger partial charge in [-0.25, -0.2) is 4.39 Å². The number of phenolic OH excluding ortho intramolecular Hbond substituents is 1. The van der Waals surface area contributed by atoms with Crippen LogP contribution in [0.4, 0.5) is 4.39 Å². The smallest absolute Gasteiger partial charge is 0.306 e. The molecule has 0 atom stereocenters. The third-order valence-corrected chi connectivity index (χ3v) is 5.95. The van der Waals surface area contributed by atoms with Crippen LogP contribution in [-0.4, -0.2) is 34.0 Å². The SMILES string of the molecule is COc1cc(-c2cccc(F)c2)c(OC)c(OS(C)(=O)=O)c1-c1ccc(OCc2ccccc2)c(O)c1. The Morgan fingerprint density at radius 3 is 2.19 bits per heavy atom. The summed E-state index contributed by atoms with van der Waals surface area (Å²) in [5, 5.41) is 10.7. The molecule has 4 aromatic rings. The number of aromatic hydroxyl groups is 1. The van der Waals surface area contributed by atoms with Crippen LogP contribution in [-0.2, 0) is 16.7 Å². The summed E-state index contributed by atoms with van der Waals surface area (Å²) in [5.41, 5.74) is 2.30. The minimum atomic E-state index is -4.03. The van der Waals surface area contributed by atoms with E-state index in [-0.39, 0.29) is 40.9 Å². The number of ether oxygens (including phenoxy) is 3. The summed E-state index contributed by atoms with van der Waals surface area (Å²) in [6, 6.07) is 21.4. The molecule has 0 amide bonds. The summed E-state index contributed by atoms with van der Waals surface area (Å²) in [6.45, 7) is 0.246. The number of rotatable bonds is 9. The van der Waals surface area contributed by atoms with E-state index in [9.17, 15) is 17.9 Å². The van der Waals surface area contributed by atoms with Gasteiger partial charge >= 0.3 is 10.1 Å². The molecule has 0 aliphatic carbocycles. The highest BCUT2D eigenvalue weighted by atomic mass is 32.2. The molecule has 37 heavy (non-hydrogen) atoms. The fourth-order valence-corrected chi connectivity index (χ4v) is 4.35. The van der Waals surface area contributed by atoms with E-state index in [1.807, 2.05) is 30.3 Å². The van der Waals surface area contributed by atoms with Gasteiger partial charge < -0.3 is 23.5 Å². The third-order valence-electron chi connectivity index (χ3n) is 5.48. The minimum Gasteiger partial charge on any atom is -0.504 e.